The summed E-state index contributed by atoms with van der Waals surface area (Å²) in [4.78, 5) is 19.9. The minimum atomic E-state index is -4.50. The van der Waals surface area contributed by atoms with Crippen LogP contribution in [0.5, 0.6) is 0 Å². The van der Waals surface area contributed by atoms with E-state index in [0.717, 1.165) is 32.1 Å². The van der Waals surface area contributed by atoms with Crippen molar-refractivity contribution in [2.75, 3.05) is 53.0 Å². The number of piperidine rings is 1. The summed E-state index contributed by atoms with van der Waals surface area (Å²) in [5, 5.41) is 9.00. The summed E-state index contributed by atoms with van der Waals surface area (Å²) in [6.07, 6.45) is -1.48. The highest BCUT2D eigenvalue weighted by atomic mass is 19.4. The second-order valence-electron chi connectivity index (χ2n) is 7.88. The maximum absolute atomic E-state index is 13.4. The molecule has 30 heavy (non-hydrogen) atoms. The van der Waals surface area contributed by atoms with E-state index in [1.807, 2.05) is 0 Å². The number of likely N-dealkylation sites (tertiary alicyclic amines) is 1. The fraction of sp³-hybridized carbons (Fsp3) is 0.789. The molecule has 3 aliphatic rings. The summed E-state index contributed by atoms with van der Waals surface area (Å²) >= 11 is 0. The molecule has 0 aliphatic carbocycles. The maximum atomic E-state index is 13.4. The van der Waals surface area contributed by atoms with Gasteiger partial charge in [-0.25, -0.2) is 0 Å². The van der Waals surface area contributed by atoms with Gasteiger partial charge >= 0.3 is 6.18 Å². The molecule has 0 saturated carbocycles. The van der Waals surface area contributed by atoms with E-state index in [-0.39, 0.29) is 17.8 Å². The van der Waals surface area contributed by atoms with Crippen LogP contribution in [0.4, 0.5) is 13.2 Å². The van der Waals surface area contributed by atoms with Crippen molar-refractivity contribution in [1.82, 2.24) is 25.8 Å². The number of halogens is 3. The van der Waals surface area contributed by atoms with Crippen molar-refractivity contribution in [2.45, 2.75) is 44.2 Å². The molecule has 11 heteroatoms. The first kappa shape index (κ1) is 22.8. The van der Waals surface area contributed by atoms with Gasteiger partial charge in [-0.15, -0.1) is 0 Å². The van der Waals surface area contributed by atoms with Crippen LogP contribution in [0.15, 0.2) is 16.4 Å². The summed E-state index contributed by atoms with van der Waals surface area (Å²) < 4.78 is 45.5. The number of carbonyl (C=O) groups excluding carboxylic acids is 1. The molecule has 0 spiro atoms. The monoisotopic (exact) mass is 432 g/mol. The van der Waals surface area contributed by atoms with Gasteiger partial charge in [0.15, 0.2) is 6.29 Å². The predicted molar refractivity (Wildman–Crippen MR) is 107 cm³/mol. The first-order valence-electron chi connectivity index (χ1n) is 10.5. The smallest absolute Gasteiger partial charge is 0.379 e. The molecule has 170 valence electrons. The molecule has 3 N–H and O–H groups in total. The van der Waals surface area contributed by atoms with E-state index in [4.69, 9.17) is 4.74 Å². The second kappa shape index (κ2) is 10.5. The first-order valence-corrected chi connectivity index (χ1v) is 10.5. The largest absolute Gasteiger partial charge is 0.421 e. The molecule has 3 aliphatic heterocycles. The van der Waals surface area contributed by atoms with Crippen LogP contribution in [0, 0.1) is 0 Å². The summed E-state index contributed by atoms with van der Waals surface area (Å²) in [5.74, 6) is -0.0542. The zero-order valence-corrected chi connectivity index (χ0v) is 17.3. The Labute approximate surface area is 174 Å². The Hall–Kier alpha value is -1.85. The van der Waals surface area contributed by atoms with Crippen molar-refractivity contribution < 1.29 is 22.7 Å². The van der Waals surface area contributed by atoms with Gasteiger partial charge in [0.1, 0.15) is 11.4 Å². The lowest BCUT2D eigenvalue weighted by Crippen LogP contribution is -2.53. The standard InChI is InChI=1S/C19H31F3N6O2/c1-27-8-3-14(4-9-27)25-18-24-13-15(19(20,21)22)17(26-18)23-6-2-7-28-10-12-30-11-5-16(28)29/h13-14,18,23,25-26H,2-12H2,1H3. The molecule has 0 radical (unpaired) electrons. The van der Waals surface area contributed by atoms with Gasteiger partial charge in [-0.3, -0.25) is 15.1 Å². The number of allylic oxidation sites excluding steroid dienone is 1. The van der Waals surface area contributed by atoms with Crippen LogP contribution in [-0.2, 0) is 9.53 Å². The van der Waals surface area contributed by atoms with Gasteiger partial charge in [0.2, 0.25) is 5.91 Å². The van der Waals surface area contributed by atoms with Crippen molar-refractivity contribution in [3.05, 3.63) is 11.4 Å². The Bertz CT molecular complexity index is 647. The summed E-state index contributed by atoms with van der Waals surface area (Å²) in [5.41, 5.74) is -0.817. The SMILES string of the molecule is CN1CCC(NC2N=CC(C(F)(F)F)=C(NCCCN3CCOCCC3=O)N2)CC1. The van der Waals surface area contributed by atoms with E-state index in [2.05, 4.69) is 32.9 Å². The fourth-order valence-corrected chi connectivity index (χ4v) is 3.75. The minimum Gasteiger partial charge on any atom is -0.379 e. The molecule has 3 rings (SSSR count). The van der Waals surface area contributed by atoms with Gasteiger partial charge < -0.3 is 25.2 Å². The van der Waals surface area contributed by atoms with E-state index in [9.17, 15) is 18.0 Å². The van der Waals surface area contributed by atoms with Crippen LogP contribution in [0.1, 0.15) is 25.7 Å². The average Bonchev–Trinajstić information content (AvgIpc) is 2.90. The molecule has 3 heterocycles. The molecule has 1 atom stereocenters. The molecule has 0 aromatic heterocycles. The molecule has 2 fully saturated rings. The van der Waals surface area contributed by atoms with E-state index in [0.29, 0.717) is 45.7 Å². The molecule has 1 amide bonds. The molecule has 0 bridgehead atoms. The van der Waals surface area contributed by atoms with Crippen LogP contribution in [0.25, 0.3) is 0 Å². The summed E-state index contributed by atoms with van der Waals surface area (Å²) in [6.45, 7) is 4.11. The minimum absolute atomic E-state index is 0.0213. The van der Waals surface area contributed by atoms with Crippen molar-refractivity contribution in [2.24, 2.45) is 4.99 Å². The zero-order chi connectivity index (χ0) is 21.6. The second-order valence-corrected chi connectivity index (χ2v) is 7.88. The Balaban J connectivity index is 1.52. The Kier molecular flexibility index (Phi) is 7.95. The fourth-order valence-electron chi connectivity index (χ4n) is 3.75. The number of carbonyl (C=O) groups is 1. The number of nitrogens with one attached hydrogen (secondary N) is 3. The van der Waals surface area contributed by atoms with Crippen molar-refractivity contribution in [1.29, 1.82) is 0 Å². The molecular formula is C19H31F3N6O2. The van der Waals surface area contributed by atoms with Crippen molar-refractivity contribution in [3.63, 3.8) is 0 Å². The third kappa shape index (κ3) is 6.58. The van der Waals surface area contributed by atoms with E-state index in [1.165, 1.54) is 0 Å². The zero-order valence-electron chi connectivity index (χ0n) is 17.3. The maximum Gasteiger partial charge on any atom is 0.421 e. The molecule has 0 aromatic carbocycles. The van der Waals surface area contributed by atoms with Crippen LogP contribution in [-0.4, -0.2) is 93.4 Å². The summed E-state index contributed by atoms with van der Waals surface area (Å²) in [6, 6.07) is 0.209. The Morgan fingerprint density at radius 1 is 1.27 bits per heavy atom. The molecule has 8 nitrogen and oxygen atoms in total. The van der Waals surface area contributed by atoms with Gasteiger partial charge in [-0.1, -0.05) is 0 Å². The Morgan fingerprint density at radius 2 is 2.03 bits per heavy atom. The lowest BCUT2D eigenvalue weighted by atomic mass is 10.1. The number of rotatable bonds is 7. The third-order valence-corrected chi connectivity index (χ3v) is 5.55. The topological polar surface area (TPSA) is 81.2 Å². The third-order valence-electron chi connectivity index (χ3n) is 5.55. The van der Waals surface area contributed by atoms with Crippen LogP contribution < -0.4 is 16.0 Å². The number of aliphatic imine (C=N–C) groups is 1. The Morgan fingerprint density at radius 3 is 2.77 bits per heavy atom. The number of hydrogen-bond acceptors (Lipinski definition) is 7. The number of hydrogen-bond donors (Lipinski definition) is 3. The molecule has 0 aromatic rings. The highest BCUT2D eigenvalue weighted by molar-refractivity contribution is 5.82. The number of ether oxygens (including phenoxy) is 1. The predicted octanol–water partition coefficient (Wildman–Crippen LogP) is 0.630. The lowest BCUT2D eigenvalue weighted by molar-refractivity contribution is -0.130. The van der Waals surface area contributed by atoms with Gasteiger partial charge in [0.25, 0.3) is 0 Å². The van der Waals surface area contributed by atoms with Crippen molar-refractivity contribution >= 4 is 12.1 Å². The van der Waals surface area contributed by atoms with E-state index >= 15 is 0 Å². The first-order chi connectivity index (χ1) is 14.3. The highest BCUT2D eigenvalue weighted by Gasteiger charge is 2.38. The van der Waals surface area contributed by atoms with E-state index in [1.54, 1.807) is 4.90 Å². The van der Waals surface area contributed by atoms with Crippen LogP contribution >= 0.6 is 0 Å². The molecular weight excluding hydrogens is 401 g/mol. The van der Waals surface area contributed by atoms with Gasteiger partial charge in [0.05, 0.1) is 19.6 Å². The van der Waals surface area contributed by atoms with Gasteiger partial charge in [-0.2, -0.15) is 13.2 Å². The summed E-state index contributed by atoms with van der Waals surface area (Å²) in [7, 11) is 2.06. The number of nitrogens with zero attached hydrogens (tertiary/aromatic N) is 3. The quantitative estimate of drug-likeness (QED) is 0.512. The number of amides is 1. The number of alkyl halides is 3. The van der Waals surface area contributed by atoms with Crippen molar-refractivity contribution in [3.8, 4) is 0 Å². The molecule has 2 saturated heterocycles. The van der Waals surface area contributed by atoms with E-state index < -0.39 is 18.0 Å². The lowest BCUT2D eigenvalue weighted by Gasteiger charge is -2.34. The normalized spacial score (nSPS) is 24.7. The van der Waals surface area contributed by atoms with Gasteiger partial charge in [-0.05, 0) is 39.4 Å². The average molecular weight is 432 g/mol. The van der Waals surface area contributed by atoms with Gasteiger partial charge in [0, 0.05) is 31.9 Å². The molecule has 1 unspecified atom stereocenters. The van der Waals surface area contributed by atoms with Crippen LogP contribution in [0.2, 0.25) is 0 Å². The van der Waals surface area contributed by atoms with Crippen LogP contribution in [0.3, 0.4) is 0 Å². The highest BCUT2D eigenvalue weighted by Crippen LogP contribution is 2.27.